The van der Waals surface area contributed by atoms with Gasteiger partial charge in [-0.15, -0.1) is 24.8 Å². The van der Waals surface area contributed by atoms with Gasteiger partial charge in [0, 0.05) is 5.56 Å². The molecule has 1 aliphatic carbocycles. The second-order valence-electron chi connectivity index (χ2n) is 7.19. The average molecular weight is 429 g/mol. The molecule has 0 unspecified atom stereocenters. The van der Waals surface area contributed by atoms with Crippen molar-refractivity contribution < 1.29 is 19.1 Å². The van der Waals surface area contributed by atoms with Gasteiger partial charge in [0.1, 0.15) is 11.5 Å². The number of carbonyl (C=O) groups is 1. The van der Waals surface area contributed by atoms with E-state index in [1.165, 1.54) is 0 Å². The Bertz CT molecular complexity index is 781. The van der Waals surface area contributed by atoms with E-state index in [0.29, 0.717) is 17.6 Å². The first-order valence-electron chi connectivity index (χ1n) is 9.08. The summed E-state index contributed by atoms with van der Waals surface area (Å²) in [6, 6.07) is 10.7. The van der Waals surface area contributed by atoms with Gasteiger partial charge in [-0.05, 0) is 74.2 Å². The summed E-state index contributed by atoms with van der Waals surface area (Å²) >= 11 is 0. The van der Waals surface area contributed by atoms with Crippen LogP contribution in [-0.2, 0) is 0 Å². The quantitative estimate of drug-likeness (QED) is 0.696. The van der Waals surface area contributed by atoms with Crippen molar-refractivity contribution in [3.63, 3.8) is 0 Å². The van der Waals surface area contributed by atoms with E-state index in [2.05, 4.69) is 10.6 Å². The highest BCUT2D eigenvalue weighted by molar-refractivity contribution is 5.92. The number of amides is 1. The molecule has 6 nitrogen and oxygen atoms in total. The topological polar surface area (TPSA) is 83.7 Å². The second-order valence-corrected chi connectivity index (χ2v) is 7.19. The molecule has 1 amide bonds. The Morgan fingerprint density at radius 1 is 1.11 bits per heavy atom. The minimum atomic E-state index is -0.504. The van der Waals surface area contributed by atoms with Crippen LogP contribution < -0.4 is 15.4 Å². The van der Waals surface area contributed by atoms with Crippen LogP contribution in [0.1, 0.15) is 23.4 Å². The highest BCUT2D eigenvalue weighted by Gasteiger charge is 2.39. The highest BCUT2D eigenvalue weighted by Crippen LogP contribution is 2.33. The van der Waals surface area contributed by atoms with E-state index in [1.807, 2.05) is 24.3 Å². The summed E-state index contributed by atoms with van der Waals surface area (Å²) in [6.45, 7) is 1.93. The minimum Gasteiger partial charge on any atom is -0.497 e. The number of fused-ring (bicyclic) bond motifs is 1. The zero-order valence-corrected chi connectivity index (χ0v) is 17.2. The van der Waals surface area contributed by atoms with Crippen LogP contribution in [0.15, 0.2) is 40.8 Å². The molecule has 2 fully saturated rings. The van der Waals surface area contributed by atoms with E-state index in [9.17, 15) is 9.90 Å². The van der Waals surface area contributed by atoms with Gasteiger partial charge in [-0.3, -0.25) is 4.79 Å². The summed E-state index contributed by atoms with van der Waals surface area (Å²) in [5.41, 5.74) is 0.877. The van der Waals surface area contributed by atoms with Gasteiger partial charge in [0.2, 0.25) is 0 Å². The number of halogens is 2. The lowest BCUT2D eigenvalue weighted by Crippen LogP contribution is -2.49. The monoisotopic (exact) mass is 428 g/mol. The predicted molar refractivity (Wildman–Crippen MR) is 112 cm³/mol. The Morgan fingerprint density at radius 2 is 1.79 bits per heavy atom. The molecule has 1 aliphatic heterocycles. The molecule has 2 aromatic rings. The average Bonchev–Trinajstić information content (AvgIpc) is 3.31. The smallest absolute Gasteiger partial charge is 0.287 e. The van der Waals surface area contributed by atoms with Crippen molar-refractivity contribution in [3.05, 3.63) is 42.2 Å². The molecule has 4 atom stereocenters. The summed E-state index contributed by atoms with van der Waals surface area (Å²) in [7, 11) is 1.62. The van der Waals surface area contributed by atoms with E-state index < -0.39 is 6.10 Å². The Balaban J connectivity index is 0.00000140. The molecule has 0 bridgehead atoms. The number of rotatable bonds is 4. The molecular formula is C20H26Cl2N2O4. The van der Waals surface area contributed by atoms with Crippen molar-refractivity contribution in [1.29, 1.82) is 0 Å². The molecule has 8 heteroatoms. The number of nitrogens with one attached hydrogen (secondary N) is 2. The molecule has 1 saturated heterocycles. The van der Waals surface area contributed by atoms with Crippen LogP contribution in [0.5, 0.6) is 5.75 Å². The number of hydrogen-bond donors (Lipinski definition) is 3. The number of aliphatic hydroxyl groups is 1. The van der Waals surface area contributed by atoms with Crippen LogP contribution in [0.2, 0.25) is 0 Å². The molecule has 3 N–H and O–H groups in total. The second kappa shape index (κ2) is 9.65. The van der Waals surface area contributed by atoms with Gasteiger partial charge in [-0.2, -0.15) is 0 Å². The maximum atomic E-state index is 12.5. The molecular weight excluding hydrogens is 403 g/mol. The molecule has 0 radical (unpaired) electrons. The first-order valence-corrected chi connectivity index (χ1v) is 9.08. The molecule has 1 aromatic heterocycles. The van der Waals surface area contributed by atoms with Crippen LogP contribution in [-0.4, -0.2) is 43.4 Å². The number of carbonyl (C=O) groups excluding carboxylic acids is 1. The normalized spacial score (nSPS) is 25.8. The van der Waals surface area contributed by atoms with Gasteiger partial charge in [0.15, 0.2) is 5.76 Å². The van der Waals surface area contributed by atoms with Gasteiger partial charge in [0.05, 0.1) is 19.3 Å². The number of hydrogen-bond acceptors (Lipinski definition) is 5. The van der Waals surface area contributed by atoms with Gasteiger partial charge >= 0.3 is 0 Å². The lowest BCUT2D eigenvalue weighted by Gasteiger charge is -2.35. The minimum absolute atomic E-state index is 0. The zero-order chi connectivity index (χ0) is 18.1. The Morgan fingerprint density at radius 3 is 2.46 bits per heavy atom. The van der Waals surface area contributed by atoms with Crippen LogP contribution in [0.25, 0.3) is 11.3 Å². The van der Waals surface area contributed by atoms with Crippen LogP contribution in [0.4, 0.5) is 0 Å². The predicted octanol–water partition coefficient (Wildman–Crippen LogP) is 2.89. The van der Waals surface area contributed by atoms with E-state index >= 15 is 0 Å². The van der Waals surface area contributed by atoms with Gasteiger partial charge in [-0.1, -0.05) is 0 Å². The summed E-state index contributed by atoms with van der Waals surface area (Å²) < 4.78 is 10.9. The number of aliphatic hydroxyl groups excluding tert-OH is 1. The maximum Gasteiger partial charge on any atom is 0.287 e. The molecule has 1 aromatic carbocycles. The molecule has 28 heavy (non-hydrogen) atoms. The number of benzene rings is 1. The first kappa shape index (κ1) is 22.6. The lowest BCUT2D eigenvalue weighted by molar-refractivity contribution is 0.0453. The van der Waals surface area contributed by atoms with Crippen molar-refractivity contribution in [2.24, 2.45) is 11.8 Å². The van der Waals surface area contributed by atoms with Crippen molar-refractivity contribution in [2.75, 3.05) is 20.2 Å². The fraction of sp³-hybridized carbons (Fsp3) is 0.450. The standard InChI is InChI=1S/C20H24N2O4.2ClH/c1-25-15-4-2-12(3-5-15)18-6-7-19(26-18)20(24)22-16-8-13-10-21-11-14(13)9-17(16)23;;/h2-7,13-14,16-17,21,23H,8-11H2,1H3,(H,22,24);2*1H/t13-,14+,16-,17-;;/m0../s1. The highest BCUT2D eigenvalue weighted by atomic mass is 35.5. The Kier molecular flexibility index (Phi) is 7.78. The molecule has 154 valence electrons. The SMILES string of the molecule is COc1ccc(-c2ccc(C(=O)N[C@H]3C[C@H]4CNC[C@H]4C[C@@H]3O)o2)cc1.Cl.Cl. The van der Waals surface area contributed by atoms with Crippen molar-refractivity contribution in [1.82, 2.24) is 10.6 Å². The summed E-state index contributed by atoms with van der Waals surface area (Å²) in [5.74, 6) is 2.41. The van der Waals surface area contributed by atoms with Crippen molar-refractivity contribution in [2.45, 2.75) is 25.0 Å². The largest absolute Gasteiger partial charge is 0.497 e. The molecule has 4 rings (SSSR count). The van der Waals surface area contributed by atoms with Gasteiger partial charge in [0.25, 0.3) is 5.91 Å². The van der Waals surface area contributed by atoms with Crippen LogP contribution >= 0.6 is 24.8 Å². The summed E-state index contributed by atoms with van der Waals surface area (Å²) in [5, 5.41) is 16.7. The third-order valence-electron chi connectivity index (χ3n) is 5.57. The maximum absolute atomic E-state index is 12.5. The molecule has 1 saturated carbocycles. The van der Waals surface area contributed by atoms with Gasteiger partial charge in [-0.25, -0.2) is 0 Å². The van der Waals surface area contributed by atoms with E-state index in [1.54, 1.807) is 19.2 Å². The summed E-state index contributed by atoms with van der Waals surface area (Å²) in [4.78, 5) is 12.5. The van der Waals surface area contributed by atoms with E-state index in [4.69, 9.17) is 9.15 Å². The number of ether oxygens (including phenoxy) is 1. The van der Waals surface area contributed by atoms with Crippen LogP contribution in [0, 0.1) is 11.8 Å². The zero-order valence-electron chi connectivity index (χ0n) is 15.6. The van der Waals surface area contributed by atoms with E-state index in [-0.39, 0.29) is 42.5 Å². The van der Waals surface area contributed by atoms with Crippen molar-refractivity contribution >= 4 is 30.7 Å². The first-order chi connectivity index (χ1) is 12.6. The fourth-order valence-corrected chi connectivity index (χ4v) is 4.06. The molecule has 2 heterocycles. The Labute approximate surface area is 176 Å². The third-order valence-corrected chi connectivity index (χ3v) is 5.57. The number of furan rings is 1. The molecule has 2 aliphatic rings. The van der Waals surface area contributed by atoms with Crippen LogP contribution in [0.3, 0.4) is 0 Å². The number of methoxy groups -OCH3 is 1. The lowest BCUT2D eigenvalue weighted by atomic mass is 9.77. The Hall–Kier alpha value is -1.73. The van der Waals surface area contributed by atoms with E-state index in [0.717, 1.165) is 37.2 Å². The molecule has 0 spiro atoms. The fourth-order valence-electron chi connectivity index (χ4n) is 4.06. The third kappa shape index (κ3) is 4.63. The van der Waals surface area contributed by atoms with Gasteiger partial charge < -0.3 is 24.9 Å². The summed E-state index contributed by atoms with van der Waals surface area (Å²) in [6.07, 6.45) is 1.03. The van der Waals surface area contributed by atoms with Crippen molar-refractivity contribution in [3.8, 4) is 17.1 Å².